The van der Waals surface area contributed by atoms with Gasteiger partial charge in [-0.05, 0) is 68.3 Å². The highest BCUT2D eigenvalue weighted by Crippen LogP contribution is 2.39. The molecule has 2 aromatic heterocycles. The molecule has 1 fully saturated rings. The summed E-state index contributed by atoms with van der Waals surface area (Å²) in [6.45, 7) is 0. The lowest BCUT2D eigenvalue weighted by Gasteiger charge is -2.32. The molecule has 0 saturated heterocycles. The summed E-state index contributed by atoms with van der Waals surface area (Å²) in [5, 5.41) is 3.65. The van der Waals surface area contributed by atoms with E-state index in [0.717, 1.165) is 22.2 Å². The van der Waals surface area contributed by atoms with E-state index < -0.39 is 0 Å². The van der Waals surface area contributed by atoms with Crippen molar-refractivity contribution in [2.75, 3.05) is 21.1 Å². The summed E-state index contributed by atoms with van der Waals surface area (Å²) in [5.74, 6) is 0.586. The van der Waals surface area contributed by atoms with Crippen molar-refractivity contribution in [1.82, 2.24) is 14.9 Å². The molecule has 1 aliphatic carbocycles. The second kappa shape index (κ2) is 7.76. The van der Waals surface area contributed by atoms with Gasteiger partial charge in [0.05, 0.1) is 0 Å². The maximum absolute atomic E-state index is 5.84. The van der Waals surface area contributed by atoms with Crippen LogP contribution in [0.3, 0.4) is 0 Å². The number of aliphatic imine (C=N–C) groups is 1. The van der Waals surface area contributed by atoms with Gasteiger partial charge in [-0.1, -0.05) is 12.1 Å². The summed E-state index contributed by atoms with van der Waals surface area (Å²) < 4.78 is 0. The molecule has 0 aliphatic heterocycles. The highest BCUT2D eigenvalue weighted by Gasteiger charge is 2.26. The second-order valence-electron chi connectivity index (χ2n) is 8.01. The summed E-state index contributed by atoms with van der Waals surface area (Å²) >= 11 is 0. The Balaban J connectivity index is 1.79. The van der Waals surface area contributed by atoms with Crippen LogP contribution in [0.15, 0.2) is 41.8 Å². The van der Waals surface area contributed by atoms with Crippen LogP contribution >= 0.6 is 0 Å². The third-order valence-corrected chi connectivity index (χ3v) is 6.19. The molecular weight excluding hydrogens is 346 g/mol. The molecule has 1 saturated carbocycles. The number of fused-ring (bicyclic) bond motifs is 3. The lowest BCUT2D eigenvalue weighted by Crippen LogP contribution is -2.31. The molecule has 0 spiro atoms. The largest absolute Gasteiger partial charge is 0.404 e. The minimum absolute atomic E-state index is 0.586. The Bertz CT molecular complexity index is 1040. The first kappa shape index (κ1) is 18.7. The van der Waals surface area contributed by atoms with Crippen LogP contribution in [0.4, 0.5) is 0 Å². The van der Waals surface area contributed by atoms with E-state index in [1.807, 2.05) is 6.20 Å². The Morgan fingerprint density at radius 1 is 1.25 bits per heavy atom. The zero-order chi connectivity index (χ0) is 19.7. The van der Waals surface area contributed by atoms with Gasteiger partial charge in [0, 0.05) is 54.2 Å². The molecule has 3 N–H and O–H groups in total. The number of aromatic amines is 1. The van der Waals surface area contributed by atoms with E-state index in [1.165, 1.54) is 42.0 Å². The summed E-state index contributed by atoms with van der Waals surface area (Å²) in [6.07, 6.45) is 12.5. The van der Waals surface area contributed by atoms with Crippen LogP contribution < -0.4 is 5.73 Å². The van der Waals surface area contributed by atoms with E-state index >= 15 is 0 Å². The average Bonchev–Trinajstić information content (AvgIpc) is 3.16. The molecule has 0 atom stereocenters. The van der Waals surface area contributed by atoms with E-state index in [-0.39, 0.29) is 0 Å². The minimum Gasteiger partial charge on any atom is -0.404 e. The molecule has 0 radical (unpaired) electrons. The Kier molecular flexibility index (Phi) is 5.18. The van der Waals surface area contributed by atoms with Gasteiger partial charge >= 0.3 is 0 Å². The highest BCUT2D eigenvalue weighted by molar-refractivity contribution is 6.13. The maximum Gasteiger partial charge on any atom is 0.138 e. The van der Waals surface area contributed by atoms with Gasteiger partial charge < -0.3 is 15.6 Å². The summed E-state index contributed by atoms with van der Waals surface area (Å²) in [5.41, 5.74) is 10.2. The molecule has 2 heterocycles. The highest BCUT2D eigenvalue weighted by atomic mass is 15.1. The molecule has 3 aromatic rings. The second-order valence-corrected chi connectivity index (χ2v) is 8.01. The number of nitrogens with zero attached hydrogens (tertiary/aromatic N) is 3. The molecule has 0 unspecified atom stereocenters. The fraction of sp³-hybridized carbons (Fsp3) is 0.391. The first-order valence-corrected chi connectivity index (χ1v) is 10.0. The van der Waals surface area contributed by atoms with Crippen LogP contribution in [0, 0.1) is 0 Å². The van der Waals surface area contributed by atoms with E-state index in [1.54, 1.807) is 19.5 Å². The van der Waals surface area contributed by atoms with Gasteiger partial charge in [0.2, 0.25) is 0 Å². The van der Waals surface area contributed by atoms with Crippen LogP contribution in [0.1, 0.15) is 42.7 Å². The molecule has 146 valence electrons. The van der Waals surface area contributed by atoms with Gasteiger partial charge in [-0.15, -0.1) is 0 Å². The fourth-order valence-electron chi connectivity index (χ4n) is 4.59. The van der Waals surface area contributed by atoms with Crippen LogP contribution in [0.5, 0.6) is 0 Å². The van der Waals surface area contributed by atoms with Crippen molar-refractivity contribution in [2.45, 2.75) is 37.6 Å². The SMILES string of the molecule is CN=CC(=CN)c1ccc2cnc3[nH]cc(C4CCC(N(C)C)CC4)c3c2c1. The van der Waals surface area contributed by atoms with Crippen LogP contribution in [-0.4, -0.2) is 48.3 Å². The first-order chi connectivity index (χ1) is 13.6. The Hall–Kier alpha value is -2.66. The quantitative estimate of drug-likeness (QED) is 0.668. The summed E-state index contributed by atoms with van der Waals surface area (Å²) in [7, 11) is 6.15. The Morgan fingerprint density at radius 3 is 2.71 bits per heavy atom. The van der Waals surface area contributed by atoms with Crippen LogP contribution in [0.25, 0.3) is 27.4 Å². The number of aromatic nitrogens is 2. The van der Waals surface area contributed by atoms with Crippen LogP contribution in [-0.2, 0) is 0 Å². The molecular formula is C23H29N5. The van der Waals surface area contributed by atoms with Crippen molar-refractivity contribution in [3.05, 3.63) is 47.9 Å². The monoisotopic (exact) mass is 375 g/mol. The topological polar surface area (TPSA) is 70.3 Å². The fourth-order valence-corrected chi connectivity index (χ4v) is 4.59. The van der Waals surface area contributed by atoms with Crippen molar-refractivity contribution in [1.29, 1.82) is 0 Å². The molecule has 1 aromatic carbocycles. The minimum atomic E-state index is 0.586. The number of hydrogen-bond acceptors (Lipinski definition) is 4. The van der Waals surface area contributed by atoms with Gasteiger partial charge in [0.15, 0.2) is 0 Å². The van der Waals surface area contributed by atoms with Crippen molar-refractivity contribution < 1.29 is 0 Å². The Morgan fingerprint density at radius 2 is 2.04 bits per heavy atom. The zero-order valence-corrected chi connectivity index (χ0v) is 16.9. The average molecular weight is 376 g/mol. The predicted octanol–water partition coefficient (Wildman–Crippen LogP) is 4.30. The van der Waals surface area contributed by atoms with E-state index in [0.29, 0.717) is 12.0 Å². The van der Waals surface area contributed by atoms with Crippen molar-refractivity contribution in [2.24, 2.45) is 10.7 Å². The number of benzene rings is 1. The molecule has 0 amide bonds. The van der Waals surface area contributed by atoms with Gasteiger partial charge in [0.25, 0.3) is 0 Å². The number of allylic oxidation sites excluding steroid dienone is 1. The predicted molar refractivity (Wildman–Crippen MR) is 119 cm³/mol. The van der Waals surface area contributed by atoms with Gasteiger partial charge in [0.1, 0.15) is 5.65 Å². The van der Waals surface area contributed by atoms with Crippen molar-refractivity contribution >= 4 is 33.6 Å². The maximum atomic E-state index is 5.84. The van der Waals surface area contributed by atoms with Crippen LogP contribution in [0.2, 0.25) is 0 Å². The molecule has 1 aliphatic rings. The lowest BCUT2D eigenvalue weighted by atomic mass is 9.81. The third-order valence-electron chi connectivity index (χ3n) is 6.19. The number of H-pyrrole nitrogens is 1. The molecule has 0 bridgehead atoms. The number of nitrogens with one attached hydrogen (secondary N) is 1. The summed E-state index contributed by atoms with van der Waals surface area (Å²) in [6, 6.07) is 7.14. The first-order valence-electron chi connectivity index (χ1n) is 10.0. The van der Waals surface area contributed by atoms with Gasteiger partial charge in [-0.25, -0.2) is 4.98 Å². The number of hydrogen-bond donors (Lipinski definition) is 2. The lowest BCUT2D eigenvalue weighted by molar-refractivity contribution is 0.217. The third kappa shape index (κ3) is 3.31. The van der Waals surface area contributed by atoms with E-state index in [4.69, 9.17) is 5.73 Å². The zero-order valence-electron chi connectivity index (χ0n) is 16.9. The molecule has 28 heavy (non-hydrogen) atoms. The van der Waals surface area contributed by atoms with Gasteiger partial charge in [-0.2, -0.15) is 0 Å². The van der Waals surface area contributed by atoms with Crippen molar-refractivity contribution in [3.8, 4) is 0 Å². The normalized spacial score (nSPS) is 21.4. The molecule has 4 rings (SSSR count). The Labute approximate surface area is 166 Å². The smallest absolute Gasteiger partial charge is 0.138 e. The van der Waals surface area contributed by atoms with Gasteiger partial charge in [-0.3, -0.25) is 4.99 Å². The number of rotatable bonds is 4. The number of nitrogens with two attached hydrogens (primary N) is 1. The van der Waals surface area contributed by atoms with E-state index in [2.05, 4.69) is 58.4 Å². The molecule has 5 nitrogen and oxygen atoms in total. The molecule has 5 heteroatoms. The van der Waals surface area contributed by atoms with Crippen molar-refractivity contribution in [3.63, 3.8) is 0 Å². The standard InChI is InChI=1S/C23H29N5/c1-25-12-18(11-24)16-4-5-17-13-26-23-22(20(17)10-16)21(14-27-23)15-6-8-19(9-7-15)28(2)3/h4-5,10-15,19H,6-9,24H2,1-3H3,(H,26,27). The number of pyridine rings is 1. The summed E-state index contributed by atoms with van der Waals surface area (Å²) in [4.78, 5) is 14.6. The van der Waals surface area contributed by atoms with E-state index in [9.17, 15) is 0 Å².